The highest BCUT2D eigenvalue weighted by Crippen LogP contribution is 2.32. The SMILES string of the molecule is Cc1c(Br)cnc(C(F)F)c1S(=O)(=O)Cl. The fourth-order valence-electron chi connectivity index (χ4n) is 1.05. The largest absolute Gasteiger partial charge is 0.281 e. The Hall–Kier alpha value is -0.270. The van der Waals surface area contributed by atoms with E-state index in [1.54, 1.807) is 0 Å². The van der Waals surface area contributed by atoms with Gasteiger partial charge in [-0.15, -0.1) is 0 Å². The van der Waals surface area contributed by atoms with Gasteiger partial charge in [-0.05, 0) is 28.4 Å². The number of nitrogens with zero attached hydrogens (tertiary/aromatic N) is 1. The summed E-state index contributed by atoms with van der Waals surface area (Å²) in [6.07, 6.45) is -1.87. The van der Waals surface area contributed by atoms with Gasteiger partial charge >= 0.3 is 0 Å². The summed E-state index contributed by atoms with van der Waals surface area (Å²) in [5.41, 5.74) is -0.707. The first-order valence-electron chi connectivity index (χ1n) is 3.63. The minimum Gasteiger partial charge on any atom is -0.253 e. The summed E-state index contributed by atoms with van der Waals surface area (Å²) in [7, 11) is 0.831. The molecule has 0 saturated carbocycles. The topological polar surface area (TPSA) is 47.0 Å². The molecule has 0 spiro atoms. The van der Waals surface area contributed by atoms with Crippen molar-refractivity contribution in [2.24, 2.45) is 0 Å². The highest BCUT2D eigenvalue weighted by atomic mass is 79.9. The number of alkyl halides is 2. The van der Waals surface area contributed by atoms with E-state index in [2.05, 4.69) is 20.9 Å². The molecule has 0 saturated heterocycles. The number of hydrogen-bond acceptors (Lipinski definition) is 3. The fourth-order valence-corrected chi connectivity index (χ4v) is 2.93. The smallest absolute Gasteiger partial charge is 0.253 e. The zero-order valence-corrected chi connectivity index (χ0v) is 10.5. The Labute approximate surface area is 98.0 Å². The maximum absolute atomic E-state index is 12.5. The first-order chi connectivity index (χ1) is 6.75. The Bertz CT molecular complexity index is 492. The third-order valence-electron chi connectivity index (χ3n) is 1.70. The van der Waals surface area contributed by atoms with E-state index < -0.39 is 26.1 Å². The van der Waals surface area contributed by atoms with Crippen LogP contribution in [0.2, 0.25) is 0 Å². The number of aromatic nitrogens is 1. The molecule has 15 heavy (non-hydrogen) atoms. The lowest BCUT2D eigenvalue weighted by Crippen LogP contribution is -2.05. The molecule has 3 nitrogen and oxygen atoms in total. The molecule has 0 atom stereocenters. The molecule has 1 aromatic heterocycles. The van der Waals surface area contributed by atoms with Crippen LogP contribution in [-0.4, -0.2) is 13.4 Å². The van der Waals surface area contributed by atoms with Crippen LogP contribution < -0.4 is 0 Å². The van der Waals surface area contributed by atoms with Crippen molar-refractivity contribution >= 4 is 35.7 Å². The van der Waals surface area contributed by atoms with Gasteiger partial charge in [0.2, 0.25) is 0 Å². The van der Waals surface area contributed by atoms with Crippen LogP contribution in [-0.2, 0) is 9.05 Å². The van der Waals surface area contributed by atoms with Crippen molar-refractivity contribution in [2.75, 3.05) is 0 Å². The lowest BCUT2D eigenvalue weighted by Gasteiger charge is -2.09. The van der Waals surface area contributed by atoms with E-state index in [4.69, 9.17) is 10.7 Å². The molecule has 0 aliphatic rings. The van der Waals surface area contributed by atoms with Crippen molar-refractivity contribution in [1.29, 1.82) is 0 Å². The first-order valence-corrected chi connectivity index (χ1v) is 6.73. The monoisotopic (exact) mass is 319 g/mol. The van der Waals surface area contributed by atoms with Crippen LogP contribution in [0.3, 0.4) is 0 Å². The van der Waals surface area contributed by atoms with Crippen LogP contribution in [0.1, 0.15) is 17.7 Å². The second-order valence-corrected chi connectivity index (χ2v) is 6.04. The Morgan fingerprint density at radius 3 is 2.47 bits per heavy atom. The summed E-state index contributed by atoms with van der Waals surface area (Å²) in [6.45, 7) is 1.37. The zero-order valence-electron chi connectivity index (χ0n) is 7.34. The van der Waals surface area contributed by atoms with Crippen LogP contribution in [0.4, 0.5) is 8.78 Å². The Balaban J connectivity index is 3.65. The summed E-state index contributed by atoms with van der Waals surface area (Å²) in [5, 5.41) is 0. The maximum atomic E-state index is 12.5. The molecule has 1 rings (SSSR count). The Morgan fingerprint density at radius 1 is 1.53 bits per heavy atom. The third-order valence-corrected chi connectivity index (χ3v) is 3.96. The van der Waals surface area contributed by atoms with Gasteiger partial charge in [-0.1, -0.05) is 0 Å². The molecule has 0 fully saturated rings. The van der Waals surface area contributed by atoms with Crippen LogP contribution in [0.15, 0.2) is 15.6 Å². The third kappa shape index (κ3) is 2.64. The summed E-state index contributed by atoms with van der Waals surface area (Å²) < 4.78 is 47.5. The normalized spacial score (nSPS) is 12.1. The molecule has 0 bridgehead atoms. The van der Waals surface area contributed by atoms with E-state index >= 15 is 0 Å². The van der Waals surface area contributed by atoms with Crippen LogP contribution in [0.5, 0.6) is 0 Å². The van der Waals surface area contributed by atoms with Crippen LogP contribution >= 0.6 is 26.6 Å². The highest BCUT2D eigenvalue weighted by molar-refractivity contribution is 9.10. The molecule has 84 valence electrons. The quantitative estimate of drug-likeness (QED) is 0.787. The van der Waals surface area contributed by atoms with Gasteiger partial charge in [-0.2, -0.15) is 0 Å². The maximum Gasteiger partial charge on any atom is 0.281 e. The Morgan fingerprint density at radius 2 is 2.07 bits per heavy atom. The predicted octanol–water partition coefficient (Wildman–Crippen LogP) is 3.02. The molecule has 0 unspecified atom stereocenters. The van der Waals surface area contributed by atoms with Crippen molar-refractivity contribution in [1.82, 2.24) is 4.98 Å². The van der Waals surface area contributed by atoms with Gasteiger partial charge < -0.3 is 0 Å². The van der Waals surface area contributed by atoms with E-state index in [1.807, 2.05) is 0 Å². The molecule has 1 aromatic rings. The van der Waals surface area contributed by atoms with Gasteiger partial charge in [0.15, 0.2) is 0 Å². The molecule has 0 N–H and O–H groups in total. The average Bonchev–Trinajstić information content (AvgIpc) is 2.06. The lowest BCUT2D eigenvalue weighted by molar-refractivity contribution is 0.142. The molecule has 8 heteroatoms. The second kappa shape index (κ2) is 4.31. The van der Waals surface area contributed by atoms with Gasteiger partial charge in [0.05, 0.1) is 0 Å². The van der Waals surface area contributed by atoms with Crippen LogP contribution in [0.25, 0.3) is 0 Å². The van der Waals surface area contributed by atoms with Gasteiger partial charge in [0.25, 0.3) is 15.5 Å². The summed E-state index contributed by atoms with van der Waals surface area (Å²) in [6, 6.07) is 0. The molecule has 0 radical (unpaired) electrons. The first kappa shape index (κ1) is 12.8. The number of hydrogen-bond donors (Lipinski definition) is 0. The van der Waals surface area contributed by atoms with Gasteiger partial charge in [0.1, 0.15) is 10.6 Å². The number of pyridine rings is 1. The van der Waals surface area contributed by atoms with Crippen molar-refractivity contribution in [3.05, 3.63) is 21.9 Å². The standard InChI is InChI=1S/C7H5BrClF2NO2S/c1-3-4(8)2-12-5(7(10)11)6(3)15(9,13)14/h2,7H,1H3. The minimum absolute atomic E-state index is 0.121. The van der Waals surface area contributed by atoms with Crippen molar-refractivity contribution in [3.8, 4) is 0 Å². The van der Waals surface area contributed by atoms with Crippen LogP contribution in [0, 0.1) is 6.92 Å². The lowest BCUT2D eigenvalue weighted by atomic mass is 10.2. The van der Waals surface area contributed by atoms with E-state index in [0.29, 0.717) is 4.47 Å². The van der Waals surface area contributed by atoms with E-state index in [1.165, 1.54) is 6.92 Å². The number of halogens is 4. The highest BCUT2D eigenvalue weighted by Gasteiger charge is 2.26. The van der Waals surface area contributed by atoms with Crippen molar-refractivity contribution < 1.29 is 17.2 Å². The van der Waals surface area contributed by atoms with E-state index in [-0.39, 0.29) is 5.56 Å². The molecular weight excluding hydrogens is 316 g/mol. The van der Waals surface area contributed by atoms with Crippen molar-refractivity contribution in [3.63, 3.8) is 0 Å². The Kier molecular flexibility index (Phi) is 3.67. The van der Waals surface area contributed by atoms with Gasteiger partial charge in [0, 0.05) is 21.4 Å². The van der Waals surface area contributed by atoms with Gasteiger partial charge in [-0.25, -0.2) is 17.2 Å². The predicted molar refractivity (Wildman–Crippen MR) is 54.7 cm³/mol. The van der Waals surface area contributed by atoms with Gasteiger partial charge in [-0.3, -0.25) is 4.98 Å². The molecule has 0 aliphatic heterocycles. The minimum atomic E-state index is -4.23. The summed E-state index contributed by atoms with van der Waals surface area (Å²) in [5.74, 6) is 0. The summed E-state index contributed by atoms with van der Waals surface area (Å²) in [4.78, 5) is 2.71. The molecule has 0 aromatic carbocycles. The average molecular weight is 321 g/mol. The molecular formula is C7H5BrClF2NO2S. The number of rotatable bonds is 2. The fraction of sp³-hybridized carbons (Fsp3) is 0.286. The molecule has 1 heterocycles. The van der Waals surface area contributed by atoms with E-state index in [0.717, 1.165) is 6.20 Å². The molecule has 0 amide bonds. The van der Waals surface area contributed by atoms with E-state index in [9.17, 15) is 17.2 Å². The molecule has 0 aliphatic carbocycles. The second-order valence-electron chi connectivity index (χ2n) is 2.68. The zero-order chi connectivity index (χ0) is 11.8. The van der Waals surface area contributed by atoms with Crippen molar-refractivity contribution in [2.45, 2.75) is 18.2 Å². The summed E-state index contributed by atoms with van der Waals surface area (Å²) >= 11 is 2.99.